The van der Waals surface area contributed by atoms with Gasteiger partial charge in [0.15, 0.2) is 5.75 Å². The SMILES string of the molecule is COc1ccc2c(OC/C=C(\C)CCC=C(C)C)c(O)c(=O)oc2c1. The minimum atomic E-state index is -0.833. The fourth-order valence-corrected chi connectivity index (χ4v) is 2.37. The molecule has 2 aromatic rings. The molecule has 134 valence electrons. The molecule has 5 heteroatoms. The van der Waals surface area contributed by atoms with Crippen LogP contribution in [0.25, 0.3) is 11.0 Å². The smallest absolute Gasteiger partial charge is 0.382 e. The molecule has 1 aromatic heterocycles. The molecule has 2 rings (SSSR count). The van der Waals surface area contributed by atoms with Crippen molar-refractivity contribution in [3.63, 3.8) is 0 Å². The molecule has 0 aliphatic heterocycles. The van der Waals surface area contributed by atoms with Crippen molar-refractivity contribution in [3.8, 4) is 17.2 Å². The van der Waals surface area contributed by atoms with Gasteiger partial charge in [0.05, 0.1) is 12.5 Å². The standard InChI is InChI=1S/C20H24O5/c1-13(2)6-5-7-14(3)10-11-24-19-16-9-8-15(23-4)12-17(16)25-20(22)18(19)21/h6,8-10,12,21H,5,7,11H2,1-4H3/b14-10+. The van der Waals surface area contributed by atoms with Crippen molar-refractivity contribution in [1.82, 2.24) is 0 Å². The number of allylic oxidation sites excluding steroid dienone is 3. The second-order valence-corrected chi connectivity index (χ2v) is 6.11. The minimum absolute atomic E-state index is 0.127. The second-order valence-electron chi connectivity index (χ2n) is 6.11. The Morgan fingerprint density at radius 1 is 1.24 bits per heavy atom. The van der Waals surface area contributed by atoms with Gasteiger partial charge in [0.2, 0.25) is 5.75 Å². The molecule has 0 amide bonds. The van der Waals surface area contributed by atoms with Crippen LogP contribution in [0.1, 0.15) is 33.6 Å². The molecule has 0 fully saturated rings. The maximum Gasteiger partial charge on any atom is 0.382 e. The zero-order chi connectivity index (χ0) is 18.4. The highest BCUT2D eigenvalue weighted by Crippen LogP contribution is 2.33. The third kappa shape index (κ3) is 4.89. The van der Waals surface area contributed by atoms with E-state index in [1.165, 1.54) is 18.3 Å². The zero-order valence-corrected chi connectivity index (χ0v) is 15.1. The molecular weight excluding hydrogens is 320 g/mol. The van der Waals surface area contributed by atoms with Gasteiger partial charge < -0.3 is 19.0 Å². The Kier molecular flexibility index (Phi) is 6.28. The highest BCUT2D eigenvalue weighted by atomic mass is 16.5. The van der Waals surface area contributed by atoms with Gasteiger partial charge in [-0.2, -0.15) is 0 Å². The zero-order valence-electron chi connectivity index (χ0n) is 15.1. The molecule has 25 heavy (non-hydrogen) atoms. The van der Waals surface area contributed by atoms with Gasteiger partial charge in [-0.25, -0.2) is 4.79 Å². The van der Waals surface area contributed by atoms with Crippen LogP contribution in [0.3, 0.4) is 0 Å². The van der Waals surface area contributed by atoms with Crippen LogP contribution in [0, 0.1) is 0 Å². The van der Waals surface area contributed by atoms with E-state index in [0.717, 1.165) is 12.8 Å². The van der Waals surface area contributed by atoms with E-state index >= 15 is 0 Å². The second kappa shape index (κ2) is 8.42. The monoisotopic (exact) mass is 344 g/mol. The van der Waals surface area contributed by atoms with Gasteiger partial charge in [0.1, 0.15) is 17.9 Å². The molecule has 0 aliphatic rings. The number of fused-ring (bicyclic) bond motifs is 1. The normalized spacial score (nSPS) is 11.4. The number of rotatable bonds is 7. The van der Waals surface area contributed by atoms with Gasteiger partial charge in [-0.15, -0.1) is 0 Å². The summed E-state index contributed by atoms with van der Waals surface area (Å²) >= 11 is 0. The molecule has 0 saturated carbocycles. The summed E-state index contributed by atoms with van der Waals surface area (Å²) in [7, 11) is 1.53. The molecule has 0 saturated heterocycles. The van der Waals surface area contributed by atoms with Crippen LogP contribution in [0.5, 0.6) is 17.2 Å². The number of ether oxygens (including phenoxy) is 2. The van der Waals surface area contributed by atoms with Crippen LogP contribution in [-0.4, -0.2) is 18.8 Å². The molecular formula is C20H24O5. The van der Waals surface area contributed by atoms with E-state index in [2.05, 4.69) is 19.9 Å². The Hall–Kier alpha value is -2.69. The average molecular weight is 344 g/mol. The summed E-state index contributed by atoms with van der Waals surface area (Å²) in [5.41, 5.74) is 1.96. The Labute approximate surface area is 147 Å². The summed E-state index contributed by atoms with van der Waals surface area (Å²) in [6.07, 6.45) is 6.05. The van der Waals surface area contributed by atoms with E-state index in [0.29, 0.717) is 16.7 Å². The van der Waals surface area contributed by atoms with Gasteiger partial charge in [-0.05, 0) is 51.8 Å². The van der Waals surface area contributed by atoms with Gasteiger partial charge in [-0.3, -0.25) is 0 Å². The maximum atomic E-state index is 11.8. The molecule has 0 unspecified atom stereocenters. The lowest BCUT2D eigenvalue weighted by molar-refractivity contribution is 0.327. The molecule has 1 heterocycles. The summed E-state index contributed by atoms with van der Waals surface area (Å²) in [5.74, 6) is 0.165. The number of hydrogen-bond acceptors (Lipinski definition) is 5. The van der Waals surface area contributed by atoms with Gasteiger partial charge in [-0.1, -0.05) is 17.2 Å². The highest BCUT2D eigenvalue weighted by Gasteiger charge is 2.15. The summed E-state index contributed by atoms with van der Waals surface area (Å²) in [5, 5.41) is 10.5. The molecule has 1 N–H and O–H groups in total. The van der Waals surface area contributed by atoms with Crippen LogP contribution in [0.4, 0.5) is 0 Å². The van der Waals surface area contributed by atoms with Crippen LogP contribution >= 0.6 is 0 Å². The highest BCUT2D eigenvalue weighted by molar-refractivity contribution is 5.86. The minimum Gasteiger partial charge on any atom is -0.499 e. The summed E-state index contributed by atoms with van der Waals surface area (Å²) in [6.45, 7) is 6.45. The van der Waals surface area contributed by atoms with Crippen molar-refractivity contribution >= 4 is 11.0 Å². The van der Waals surface area contributed by atoms with Gasteiger partial charge in [0, 0.05) is 6.07 Å². The molecule has 1 aromatic carbocycles. The first-order valence-corrected chi connectivity index (χ1v) is 8.18. The number of hydrogen-bond donors (Lipinski definition) is 1. The van der Waals surface area contributed by atoms with Crippen molar-refractivity contribution in [3.05, 3.63) is 51.9 Å². The summed E-state index contributed by atoms with van der Waals surface area (Å²) in [4.78, 5) is 11.8. The molecule has 0 spiro atoms. The summed E-state index contributed by atoms with van der Waals surface area (Å²) in [6, 6.07) is 5.00. The average Bonchev–Trinajstić information content (AvgIpc) is 2.57. The fraction of sp³-hybridized carbons (Fsp3) is 0.350. The van der Waals surface area contributed by atoms with Gasteiger partial charge in [0.25, 0.3) is 0 Å². The Morgan fingerprint density at radius 3 is 2.68 bits per heavy atom. The first-order chi connectivity index (χ1) is 11.9. The molecule has 0 aliphatic carbocycles. The van der Waals surface area contributed by atoms with Crippen LogP contribution in [0.15, 0.2) is 50.7 Å². The lowest BCUT2D eigenvalue weighted by Crippen LogP contribution is -2.04. The molecule has 0 bridgehead atoms. The Balaban J connectivity index is 2.19. The Morgan fingerprint density at radius 2 is 2.00 bits per heavy atom. The van der Waals surface area contributed by atoms with Crippen LogP contribution in [-0.2, 0) is 0 Å². The maximum absolute atomic E-state index is 11.8. The van der Waals surface area contributed by atoms with E-state index < -0.39 is 11.4 Å². The van der Waals surface area contributed by atoms with Crippen molar-refractivity contribution in [2.45, 2.75) is 33.6 Å². The largest absolute Gasteiger partial charge is 0.499 e. The molecule has 5 nitrogen and oxygen atoms in total. The van der Waals surface area contributed by atoms with Crippen molar-refractivity contribution in [2.24, 2.45) is 0 Å². The predicted octanol–water partition coefficient (Wildman–Crippen LogP) is 4.58. The van der Waals surface area contributed by atoms with E-state index in [9.17, 15) is 9.90 Å². The quantitative estimate of drug-likeness (QED) is 0.588. The molecule has 0 radical (unpaired) electrons. The third-order valence-electron chi connectivity index (χ3n) is 3.80. The third-order valence-corrected chi connectivity index (χ3v) is 3.80. The van der Waals surface area contributed by atoms with E-state index in [1.807, 2.05) is 13.0 Å². The summed E-state index contributed by atoms with van der Waals surface area (Å²) < 4.78 is 15.9. The lowest BCUT2D eigenvalue weighted by atomic mass is 10.1. The lowest BCUT2D eigenvalue weighted by Gasteiger charge is -2.10. The Bertz CT molecular complexity index is 854. The number of methoxy groups -OCH3 is 1. The van der Waals surface area contributed by atoms with E-state index in [4.69, 9.17) is 13.9 Å². The van der Waals surface area contributed by atoms with Crippen LogP contribution < -0.4 is 15.1 Å². The van der Waals surface area contributed by atoms with Gasteiger partial charge >= 0.3 is 5.63 Å². The number of benzene rings is 1. The van der Waals surface area contributed by atoms with E-state index in [1.54, 1.807) is 18.2 Å². The van der Waals surface area contributed by atoms with E-state index in [-0.39, 0.29) is 12.4 Å². The number of aromatic hydroxyl groups is 1. The first-order valence-electron chi connectivity index (χ1n) is 8.18. The van der Waals surface area contributed by atoms with Crippen molar-refractivity contribution in [1.29, 1.82) is 0 Å². The topological polar surface area (TPSA) is 68.9 Å². The van der Waals surface area contributed by atoms with Crippen molar-refractivity contribution in [2.75, 3.05) is 13.7 Å². The molecule has 0 atom stereocenters. The predicted molar refractivity (Wildman–Crippen MR) is 98.6 cm³/mol. The van der Waals surface area contributed by atoms with Crippen LogP contribution in [0.2, 0.25) is 0 Å². The first kappa shape index (κ1) is 18.6. The van der Waals surface area contributed by atoms with Crippen molar-refractivity contribution < 1.29 is 19.0 Å². The fourth-order valence-electron chi connectivity index (χ4n) is 2.37.